The molecule has 3 aliphatic rings. The van der Waals surface area contributed by atoms with Crippen LogP contribution in [0.1, 0.15) is 11.5 Å². The fourth-order valence-corrected chi connectivity index (χ4v) is 3.94. The number of carbonyl (C=O) groups is 2. The van der Waals surface area contributed by atoms with Gasteiger partial charge in [-0.2, -0.15) is 0 Å². The number of carbonyl (C=O) groups excluding carboxylic acids is 2. The number of rotatable bonds is 1. The van der Waals surface area contributed by atoms with Gasteiger partial charge >= 0.3 is 0 Å². The summed E-state index contributed by atoms with van der Waals surface area (Å²) < 4.78 is 11.4. The molecule has 0 spiro atoms. The number of ketones is 2. The summed E-state index contributed by atoms with van der Waals surface area (Å²) >= 11 is 9.62. The van der Waals surface area contributed by atoms with E-state index in [-0.39, 0.29) is 37.3 Å². The molecule has 0 radical (unpaired) electrons. The maximum absolute atomic E-state index is 12.5. The average molecular weight is 411 g/mol. The smallest absolute Gasteiger partial charge is 0.187 e. The Kier molecular flexibility index (Phi) is 4.16. The number of Topliss-reactive ketones (excluding diaryl/α,β-unsaturated/α-hetero) is 2. The van der Waals surface area contributed by atoms with Crippen LogP contribution in [0.2, 0.25) is 5.02 Å². The molecule has 1 saturated heterocycles. The van der Waals surface area contributed by atoms with Gasteiger partial charge in [-0.3, -0.25) is 14.6 Å². The molecule has 1 aromatic carbocycles. The number of nitrogens with zero attached hydrogens (tertiary/aromatic N) is 1. The Labute approximate surface area is 151 Å². The van der Waals surface area contributed by atoms with Crippen LogP contribution in [0.4, 0.5) is 0 Å². The standard InChI is InChI=1S/C17H13BrClNO4/c18-9-2-1-8(3-10(9)19)15-16-11(4-23-6-13(16)21)20-12-5-24-7-14(22)17(12)15/h1-3,15-16H,4-7H2. The monoisotopic (exact) mass is 409 g/mol. The van der Waals surface area contributed by atoms with Gasteiger partial charge < -0.3 is 9.47 Å². The van der Waals surface area contributed by atoms with Crippen LogP contribution in [0, 0.1) is 5.92 Å². The minimum absolute atomic E-state index is 0.0157. The van der Waals surface area contributed by atoms with E-state index in [2.05, 4.69) is 20.9 Å². The van der Waals surface area contributed by atoms with E-state index < -0.39 is 5.92 Å². The summed E-state index contributed by atoms with van der Waals surface area (Å²) in [6.45, 7) is 0.619. The van der Waals surface area contributed by atoms with Gasteiger partial charge in [-0.05, 0) is 33.6 Å². The summed E-state index contributed by atoms with van der Waals surface area (Å²) in [5.41, 5.74) is 2.66. The molecule has 0 amide bonds. The van der Waals surface area contributed by atoms with E-state index in [1.165, 1.54) is 0 Å². The number of fused-ring (bicyclic) bond motifs is 1. The van der Waals surface area contributed by atoms with Gasteiger partial charge in [-0.1, -0.05) is 17.7 Å². The number of ether oxygens (including phenoxy) is 2. The van der Waals surface area contributed by atoms with Crippen molar-refractivity contribution in [2.24, 2.45) is 10.9 Å². The first kappa shape index (κ1) is 16.1. The zero-order valence-electron chi connectivity index (χ0n) is 12.6. The van der Waals surface area contributed by atoms with Crippen LogP contribution < -0.4 is 0 Å². The molecule has 4 rings (SSSR count). The zero-order valence-corrected chi connectivity index (χ0v) is 14.9. The second kappa shape index (κ2) is 6.19. The Morgan fingerprint density at radius 1 is 1.08 bits per heavy atom. The van der Waals surface area contributed by atoms with Gasteiger partial charge in [-0.25, -0.2) is 0 Å². The zero-order chi connectivity index (χ0) is 16.8. The average Bonchev–Trinajstić information content (AvgIpc) is 2.56. The van der Waals surface area contributed by atoms with Crippen LogP contribution in [-0.2, 0) is 19.1 Å². The minimum Gasteiger partial charge on any atom is -0.368 e. The Morgan fingerprint density at radius 2 is 1.88 bits per heavy atom. The van der Waals surface area contributed by atoms with E-state index >= 15 is 0 Å². The van der Waals surface area contributed by atoms with Gasteiger partial charge in [0.1, 0.15) is 13.2 Å². The summed E-state index contributed by atoms with van der Waals surface area (Å²) in [5.74, 6) is -1.04. The maximum Gasteiger partial charge on any atom is 0.187 e. The predicted molar refractivity (Wildman–Crippen MR) is 91.5 cm³/mol. The van der Waals surface area contributed by atoms with E-state index in [1.54, 1.807) is 6.07 Å². The topological polar surface area (TPSA) is 65.0 Å². The fraction of sp³-hybridized carbons (Fsp3) is 0.353. The third-order valence-corrected chi connectivity index (χ3v) is 5.74. The van der Waals surface area contributed by atoms with Crippen molar-refractivity contribution in [2.45, 2.75) is 5.92 Å². The highest BCUT2D eigenvalue weighted by Gasteiger charge is 2.45. The Morgan fingerprint density at radius 3 is 2.67 bits per heavy atom. The largest absolute Gasteiger partial charge is 0.368 e. The predicted octanol–water partition coefficient (Wildman–Crippen LogP) is 2.71. The molecule has 0 aliphatic carbocycles. The number of halogens is 2. The van der Waals surface area contributed by atoms with Crippen molar-refractivity contribution in [1.29, 1.82) is 0 Å². The van der Waals surface area contributed by atoms with Gasteiger partial charge in [0.25, 0.3) is 0 Å². The summed E-state index contributed by atoms with van der Waals surface area (Å²) in [7, 11) is 0. The van der Waals surface area contributed by atoms with E-state index in [1.807, 2.05) is 12.1 Å². The third kappa shape index (κ3) is 2.58. The third-order valence-electron chi connectivity index (χ3n) is 4.51. The summed E-state index contributed by atoms with van der Waals surface area (Å²) in [6, 6.07) is 5.52. The molecule has 0 saturated carbocycles. The van der Waals surface area contributed by atoms with Crippen LogP contribution in [0.15, 0.2) is 38.9 Å². The SMILES string of the molecule is O=C1COCC2=C1C(c1ccc(Br)c(Cl)c1)C1C(=O)COCC1=N2. The normalized spacial score (nSPS) is 26.8. The lowest BCUT2D eigenvalue weighted by Gasteiger charge is -2.37. The second-order valence-electron chi connectivity index (χ2n) is 5.97. The van der Waals surface area contributed by atoms with Crippen LogP contribution in [0.5, 0.6) is 0 Å². The highest BCUT2D eigenvalue weighted by atomic mass is 79.9. The van der Waals surface area contributed by atoms with Crippen LogP contribution in [0.25, 0.3) is 0 Å². The molecule has 24 heavy (non-hydrogen) atoms. The number of benzene rings is 1. The molecule has 0 N–H and O–H groups in total. The van der Waals surface area contributed by atoms with E-state index in [9.17, 15) is 9.59 Å². The van der Waals surface area contributed by atoms with Crippen molar-refractivity contribution in [3.05, 3.63) is 44.5 Å². The molecular weight excluding hydrogens is 398 g/mol. The first-order valence-corrected chi connectivity index (χ1v) is 8.70. The molecule has 2 atom stereocenters. The molecule has 2 unspecified atom stereocenters. The van der Waals surface area contributed by atoms with E-state index in [4.69, 9.17) is 21.1 Å². The molecule has 7 heteroatoms. The van der Waals surface area contributed by atoms with E-state index in [0.29, 0.717) is 28.6 Å². The fourth-order valence-electron chi connectivity index (χ4n) is 3.51. The first-order valence-electron chi connectivity index (χ1n) is 7.53. The van der Waals surface area contributed by atoms with Gasteiger partial charge in [0.05, 0.1) is 35.6 Å². The highest BCUT2D eigenvalue weighted by molar-refractivity contribution is 9.10. The lowest BCUT2D eigenvalue weighted by molar-refractivity contribution is -0.127. The molecule has 3 heterocycles. The van der Waals surface area contributed by atoms with Crippen LogP contribution in [-0.4, -0.2) is 43.7 Å². The van der Waals surface area contributed by atoms with E-state index in [0.717, 1.165) is 10.0 Å². The van der Waals surface area contributed by atoms with Crippen LogP contribution in [0.3, 0.4) is 0 Å². The van der Waals surface area contributed by atoms with Crippen molar-refractivity contribution in [3.63, 3.8) is 0 Å². The second-order valence-corrected chi connectivity index (χ2v) is 7.23. The van der Waals surface area contributed by atoms with Crippen molar-refractivity contribution >= 4 is 44.8 Å². The Hall–Kier alpha value is -1.34. The van der Waals surface area contributed by atoms with Crippen molar-refractivity contribution < 1.29 is 19.1 Å². The molecule has 3 aliphatic heterocycles. The summed E-state index contributed by atoms with van der Waals surface area (Å²) in [6.07, 6.45) is 0. The quantitative estimate of drug-likeness (QED) is 0.714. The maximum atomic E-state index is 12.5. The molecule has 1 fully saturated rings. The van der Waals surface area contributed by atoms with Gasteiger partial charge in [-0.15, -0.1) is 0 Å². The van der Waals surface area contributed by atoms with Crippen molar-refractivity contribution in [3.8, 4) is 0 Å². The Bertz CT molecular complexity index is 817. The first-order chi connectivity index (χ1) is 11.6. The molecular formula is C17H13BrClNO4. The molecule has 5 nitrogen and oxygen atoms in total. The van der Waals surface area contributed by atoms with Gasteiger partial charge in [0, 0.05) is 16.0 Å². The molecule has 1 aromatic rings. The van der Waals surface area contributed by atoms with Gasteiger partial charge in [0.15, 0.2) is 11.6 Å². The van der Waals surface area contributed by atoms with Crippen LogP contribution >= 0.6 is 27.5 Å². The molecule has 0 bridgehead atoms. The number of aliphatic imine (C=N–C) groups is 1. The number of hydrogen-bond acceptors (Lipinski definition) is 5. The lowest BCUT2D eigenvalue weighted by Crippen LogP contribution is -2.45. The van der Waals surface area contributed by atoms with Gasteiger partial charge in [0.2, 0.25) is 0 Å². The molecule has 0 aromatic heterocycles. The highest BCUT2D eigenvalue weighted by Crippen LogP contribution is 2.43. The number of hydrogen-bond donors (Lipinski definition) is 0. The molecule has 124 valence electrons. The Balaban J connectivity index is 1.91. The lowest BCUT2D eigenvalue weighted by atomic mass is 9.71. The minimum atomic E-state index is -0.475. The summed E-state index contributed by atoms with van der Waals surface area (Å²) in [5, 5.41) is 0.540. The van der Waals surface area contributed by atoms with Crippen molar-refractivity contribution in [2.75, 3.05) is 26.4 Å². The summed E-state index contributed by atoms with van der Waals surface area (Å²) in [4.78, 5) is 29.5. The van der Waals surface area contributed by atoms with Crippen molar-refractivity contribution in [1.82, 2.24) is 0 Å².